The number of carboxylic acid groups (broad SMARTS) is 1. The fourth-order valence-electron chi connectivity index (χ4n) is 5.11. The van der Waals surface area contributed by atoms with Crippen molar-refractivity contribution in [2.24, 2.45) is 0 Å². The Balaban J connectivity index is 3.62. The van der Waals surface area contributed by atoms with E-state index in [0.717, 1.165) is 32.1 Å². The molecule has 0 aliphatic heterocycles. The van der Waals surface area contributed by atoms with Crippen molar-refractivity contribution in [2.75, 3.05) is 0 Å². The molecule has 40 heavy (non-hydrogen) atoms. The predicted molar refractivity (Wildman–Crippen MR) is 172 cm³/mol. The maximum Gasteiger partial charge on any atom is 0.307 e. The summed E-state index contributed by atoms with van der Waals surface area (Å²) in [6.07, 6.45) is 39.1. The van der Waals surface area contributed by atoms with E-state index in [1.165, 1.54) is 122 Å². The number of hydrogen-bond donors (Lipinski definition) is 1. The van der Waals surface area contributed by atoms with Gasteiger partial charge in [0.1, 0.15) is 6.10 Å². The maximum absolute atomic E-state index is 12.3. The summed E-state index contributed by atoms with van der Waals surface area (Å²) in [5.41, 5.74) is 0. The minimum Gasteiger partial charge on any atom is -0.481 e. The van der Waals surface area contributed by atoms with Crippen LogP contribution in [-0.2, 0) is 14.3 Å². The highest BCUT2D eigenvalue weighted by Gasteiger charge is 2.17. The summed E-state index contributed by atoms with van der Waals surface area (Å²) in [7, 11) is 0. The summed E-state index contributed by atoms with van der Waals surface area (Å²) in [4.78, 5) is 23.5. The highest BCUT2D eigenvalue weighted by Crippen LogP contribution is 2.16. The lowest BCUT2D eigenvalue weighted by Gasteiger charge is -2.16. The van der Waals surface area contributed by atoms with Gasteiger partial charge in [-0.05, 0) is 51.4 Å². The van der Waals surface area contributed by atoms with Crippen LogP contribution in [-0.4, -0.2) is 23.1 Å². The van der Waals surface area contributed by atoms with Crippen LogP contribution in [0.25, 0.3) is 0 Å². The quantitative estimate of drug-likeness (QED) is 0.0518. The van der Waals surface area contributed by atoms with E-state index < -0.39 is 12.1 Å². The van der Waals surface area contributed by atoms with E-state index in [-0.39, 0.29) is 12.4 Å². The molecule has 0 aliphatic carbocycles. The molecule has 0 aromatic heterocycles. The molecule has 0 aromatic rings. The van der Waals surface area contributed by atoms with Gasteiger partial charge in [0, 0.05) is 6.42 Å². The van der Waals surface area contributed by atoms with E-state index in [1.54, 1.807) is 0 Å². The van der Waals surface area contributed by atoms with Crippen LogP contribution >= 0.6 is 0 Å². The van der Waals surface area contributed by atoms with Crippen LogP contribution in [0.4, 0.5) is 0 Å². The average molecular weight is 563 g/mol. The van der Waals surface area contributed by atoms with Gasteiger partial charge in [0.25, 0.3) is 0 Å². The lowest BCUT2D eigenvalue weighted by Crippen LogP contribution is -2.21. The van der Waals surface area contributed by atoms with E-state index in [0.29, 0.717) is 12.8 Å². The highest BCUT2D eigenvalue weighted by molar-refractivity contribution is 5.71. The van der Waals surface area contributed by atoms with Crippen LogP contribution < -0.4 is 0 Å². The summed E-state index contributed by atoms with van der Waals surface area (Å²) >= 11 is 0. The molecule has 1 unspecified atom stereocenters. The SMILES string of the molecule is CCCCC/C=C\C/C=C\CCCCCCCCCCCC(=O)OC(CCCCCCCCCCC)CC(=O)O. The number of unbranched alkanes of at least 4 members (excludes halogenated alkanes) is 20. The van der Waals surface area contributed by atoms with Crippen LogP contribution in [0, 0.1) is 0 Å². The number of rotatable bonds is 31. The molecular weight excluding hydrogens is 496 g/mol. The van der Waals surface area contributed by atoms with E-state index in [1.807, 2.05) is 0 Å². The van der Waals surface area contributed by atoms with Crippen LogP contribution in [0.5, 0.6) is 0 Å². The first-order chi connectivity index (χ1) is 19.6. The number of ether oxygens (including phenoxy) is 1. The van der Waals surface area contributed by atoms with Crippen LogP contribution in [0.3, 0.4) is 0 Å². The first kappa shape index (κ1) is 38.4. The van der Waals surface area contributed by atoms with Gasteiger partial charge in [-0.25, -0.2) is 0 Å². The predicted octanol–water partition coefficient (Wildman–Crippen LogP) is 11.7. The Bertz CT molecular complexity index is 610. The van der Waals surface area contributed by atoms with Crippen molar-refractivity contribution < 1.29 is 19.4 Å². The van der Waals surface area contributed by atoms with Crippen molar-refractivity contribution in [3.8, 4) is 0 Å². The highest BCUT2D eigenvalue weighted by atomic mass is 16.5. The smallest absolute Gasteiger partial charge is 0.307 e. The fourth-order valence-corrected chi connectivity index (χ4v) is 5.11. The molecule has 1 N–H and O–H groups in total. The summed E-state index contributed by atoms with van der Waals surface area (Å²) in [6.45, 7) is 4.48. The molecule has 0 spiro atoms. The van der Waals surface area contributed by atoms with Crippen LogP contribution in [0.15, 0.2) is 24.3 Å². The Kier molecular flexibility index (Phi) is 30.7. The van der Waals surface area contributed by atoms with Gasteiger partial charge in [0.2, 0.25) is 0 Å². The van der Waals surface area contributed by atoms with Crippen LogP contribution in [0.1, 0.15) is 187 Å². The van der Waals surface area contributed by atoms with Gasteiger partial charge in [-0.3, -0.25) is 9.59 Å². The fraction of sp³-hybridized carbons (Fsp3) is 0.833. The second-order valence-electron chi connectivity index (χ2n) is 11.7. The molecule has 0 heterocycles. The van der Waals surface area contributed by atoms with E-state index >= 15 is 0 Å². The number of esters is 1. The lowest BCUT2D eigenvalue weighted by molar-refractivity contribution is -0.153. The molecule has 0 bridgehead atoms. The van der Waals surface area contributed by atoms with Crippen molar-refractivity contribution >= 4 is 11.9 Å². The second kappa shape index (κ2) is 31.9. The molecule has 234 valence electrons. The Hall–Kier alpha value is -1.58. The molecule has 0 aliphatic rings. The molecule has 0 radical (unpaired) electrons. The zero-order valence-electron chi connectivity index (χ0n) is 26.7. The third-order valence-corrected chi connectivity index (χ3v) is 7.66. The van der Waals surface area contributed by atoms with Crippen molar-refractivity contribution in [1.29, 1.82) is 0 Å². The lowest BCUT2D eigenvalue weighted by atomic mass is 10.0. The standard InChI is InChI=1S/C36H66O4/c1-3-5-7-9-11-13-14-15-16-17-18-19-20-21-22-24-26-28-30-32-36(39)40-34(33-35(37)38)31-29-27-25-23-12-10-8-6-4-2/h11,13,15-16,34H,3-10,12,14,17-33H2,1-2H3,(H,37,38)/b13-11-,16-15-. The van der Waals surface area contributed by atoms with Crippen molar-refractivity contribution in [3.63, 3.8) is 0 Å². The third kappa shape index (κ3) is 31.0. The molecule has 0 saturated carbocycles. The second-order valence-corrected chi connectivity index (χ2v) is 11.7. The first-order valence-corrected chi connectivity index (χ1v) is 17.3. The maximum atomic E-state index is 12.3. The molecule has 0 aromatic carbocycles. The van der Waals surface area contributed by atoms with Gasteiger partial charge in [-0.1, -0.05) is 147 Å². The average Bonchev–Trinajstić information content (AvgIpc) is 2.93. The number of carbonyl (C=O) groups is 2. The molecule has 1 atom stereocenters. The zero-order chi connectivity index (χ0) is 29.4. The Morgan fingerprint density at radius 3 is 1.52 bits per heavy atom. The molecule has 4 nitrogen and oxygen atoms in total. The Morgan fingerprint density at radius 1 is 0.575 bits per heavy atom. The van der Waals surface area contributed by atoms with E-state index in [4.69, 9.17) is 4.74 Å². The minimum atomic E-state index is -0.883. The van der Waals surface area contributed by atoms with Crippen LogP contribution in [0.2, 0.25) is 0 Å². The van der Waals surface area contributed by atoms with Crippen molar-refractivity contribution in [1.82, 2.24) is 0 Å². The van der Waals surface area contributed by atoms with E-state index in [2.05, 4.69) is 38.2 Å². The molecule has 0 rings (SSSR count). The van der Waals surface area contributed by atoms with Gasteiger partial charge < -0.3 is 9.84 Å². The zero-order valence-corrected chi connectivity index (χ0v) is 26.7. The van der Waals surface area contributed by atoms with Crippen molar-refractivity contribution in [3.05, 3.63) is 24.3 Å². The molecule has 0 fully saturated rings. The largest absolute Gasteiger partial charge is 0.481 e. The van der Waals surface area contributed by atoms with Gasteiger partial charge in [0.05, 0.1) is 6.42 Å². The molecule has 0 amide bonds. The van der Waals surface area contributed by atoms with E-state index in [9.17, 15) is 14.7 Å². The monoisotopic (exact) mass is 562 g/mol. The Morgan fingerprint density at radius 2 is 1.00 bits per heavy atom. The summed E-state index contributed by atoms with van der Waals surface area (Å²) in [6, 6.07) is 0. The topological polar surface area (TPSA) is 63.6 Å². The number of carbonyl (C=O) groups excluding carboxylic acids is 1. The molecule has 0 saturated heterocycles. The van der Waals surface area contributed by atoms with Gasteiger partial charge in [-0.15, -0.1) is 0 Å². The van der Waals surface area contributed by atoms with Gasteiger partial charge in [-0.2, -0.15) is 0 Å². The summed E-state index contributed by atoms with van der Waals surface area (Å²) in [5, 5.41) is 9.19. The van der Waals surface area contributed by atoms with Gasteiger partial charge in [0.15, 0.2) is 0 Å². The third-order valence-electron chi connectivity index (χ3n) is 7.66. The minimum absolute atomic E-state index is 0.0738. The normalized spacial score (nSPS) is 12.4. The number of carboxylic acids is 1. The Labute approximate surface area is 248 Å². The number of allylic oxidation sites excluding steroid dienone is 4. The van der Waals surface area contributed by atoms with Gasteiger partial charge >= 0.3 is 11.9 Å². The first-order valence-electron chi connectivity index (χ1n) is 17.3. The summed E-state index contributed by atoms with van der Waals surface area (Å²) in [5.74, 6) is -1.11. The number of hydrogen-bond acceptors (Lipinski definition) is 3. The van der Waals surface area contributed by atoms with Crippen molar-refractivity contribution in [2.45, 2.75) is 193 Å². The summed E-state index contributed by atoms with van der Waals surface area (Å²) < 4.78 is 5.54. The molecular formula is C36H66O4. The molecule has 4 heteroatoms. The number of aliphatic carboxylic acids is 1.